The van der Waals surface area contributed by atoms with Gasteiger partial charge in [0.2, 0.25) is 5.91 Å². The third kappa shape index (κ3) is 2.94. The molecule has 0 aromatic heterocycles. The average Bonchev–Trinajstić information content (AvgIpc) is 2.62. The highest BCUT2D eigenvalue weighted by Crippen LogP contribution is 2.32. The lowest BCUT2D eigenvalue weighted by Gasteiger charge is -2.41. The van der Waals surface area contributed by atoms with Crippen molar-refractivity contribution >= 4 is 12.0 Å². The summed E-state index contributed by atoms with van der Waals surface area (Å²) < 4.78 is 5.34. The first-order valence-electron chi connectivity index (χ1n) is 6.59. The van der Waals surface area contributed by atoms with Gasteiger partial charge in [0.15, 0.2) is 0 Å². The van der Waals surface area contributed by atoms with Gasteiger partial charge >= 0.3 is 6.09 Å². The molecule has 1 aliphatic heterocycles. The standard InChI is InChI=1S/C13H22N2O3/c1-12(2,3)18-11(17)15-8-10(16)14-13(9-15)6-4-5-7-13/h4-9H2,1-3H3,(H,14,16). The van der Waals surface area contributed by atoms with E-state index in [-0.39, 0.29) is 24.1 Å². The molecule has 1 spiro atoms. The van der Waals surface area contributed by atoms with Crippen molar-refractivity contribution in [3.63, 3.8) is 0 Å². The number of piperazine rings is 1. The SMILES string of the molecule is CC(C)(C)OC(=O)N1CC(=O)NC2(CCCC2)C1. The van der Waals surface area contributed by atoms with E-state index >= 15 is 0 Å². The first kappa shape index (κ1) is 13.2. The molecule has 102 valence electrons. The second-order valence-corrected chi connectivity index (χ2v) is 6.37. The molecule has 0 atom stereocenters. The molecule has 0 radical (unpaired) electrons. The summed E-state index contributed by atoms with van der Waals surface area (Å²) in [6.45, 7) is 6.19. The average molecular weight is 254 g/mol. The Morgan fingerprint density at radius 2 is 1.94 bits per heavy atom. The number of rotatable bonds is 0. The van der Waals surface area contributed by atoms with E-state index in [4.69, 9.17) is 4.74 Å². The van der Waals surface area contributed by atoms with Crippen LogP contribution in [-0.4, -0.2) is 41.1 Å². The number of nitrogens with one attached hydrogen (secondary N) is 1. The summed E-state index contributed by atoms with van der Waals surface area (Å²) in [5.41, 5.74) is -0.722. The van der Waals surface area contributed by atoms with E-state index in [1.165, 1.54) is 4.90 Å². The molecule has 1 heterocycles. The minimum atomic E-state index is -0.520. The van der Waals surface area contributed by atoms with Crippen LogP contribution in [0.4, 0.5) is 4.79 Å². The Balaban J connectivity index is 2.04. The number of carbonyl (C=O) groups excluding carboxylic acids is 2. The van der Waals surface area contributed by atoms with Crippen LogP contribution < -0.4 is 5.32 Å². The van der Waals surface area contributed by atoms with Gasteiger partial charge in [0.05, 0.1) is 5.54 Å². The van der Waals surface area contributed by atoms with Gasteiger partial charge in [0.25, 0.3) is 0 Å². The van der Waals surface area contributed by atoms with Crippen LogP contribution in [0.1, 0.15) is 46.5 Å². The molecule has 2 rings (SSSR count). The first-order chi connectivity index (χ1) is 8.30. The summed E-state index contributed by atoms with van der Waals surface area (Å²) in [5, 5.41) is 3.05. The van der Waals surface area contributed by atoms with Crippen LogP contribution in [0.2, 0.25) is 0 Å². The van der Waals surface area contributed by atoms with Gasteiger partial charge in [-0.25, -0.2) is 4.79 Å². The van der Waals surface area contributed by atoms with Crippen LogP contribution in [0, 0.1) is 0 Å². The molecule has 2 aliphatic rings. The Hall–Kier alpha value is -1.26. The molecule has 1 N–H and O–H groups in total. The Labute approximate surface area is 108 Å². The van der Waals surface area contributed by atoms with Crippen LogP contribution in [0.15, 0.2) is 0 Å². The van der Waals surface area contributed by atoms with Crippen LogP contribution >= 0.6 is 0 Å². The van der Waals surface area contributed by atoms with Crippen LogP contribution in [0.25, 0.3) is 0 Å². The smallest absolute Gasteiger partial charge is 0.410 e. The molecule has 1 saturated heterocycles. The van der Waals surface area contributed by atoms with Gasteiger partial charge in [0, 0.05) is 6.54 Å². The fourth-order valence-electron chi connectivity index (χ4n) is 2.76. The molecule has 2 amide bonds. The van der Waals surface area contributed by atoms with Crippen LogP contribution in [-0.2, 0) is 9.53 Å². The lowest BCUT2D eigenvalue weighted by atomic mass is 9.94. The van der Waals surface area contributed by atoms with E-state index in [1.807, 2.05) is 20.8 Å². The predicted octanol–water partition coefficient (Wildman–Crippen LogP) is 1.67. The highest BCUT2D eigenvalue weighted by atomic mass is 16.6. The second-order valence-electron chi connectivity index (χ2n) is 6.37. The van der Waals surface area contributed by atoms with Gasteiger partial charge in [-0.1, -0.05) is 12.8 Å². The second kappa shape index (κ2) is 4.44. The van der Waals surface area contributed by atoms with Crippen molar-refractivity contribution in [3.05, 3.63) is 0 Å². The minimum absolute atomic E-state index is 0.0750. The predicted molar refractivity (Wildman–Crippen MR) is 67.1 cm³/mol. The van der Waals surface area contributed by atoms with E-state index in [0.717, 1.165) is 25.7 Å². The van der Waals surface area contributed by atoms with Gasteiger partial charge in [-0.15, -0.1) is 0 Å². The van der Waals surface area contributed by atoms with Crippen molar-refractivity contribution in [3.8, 4) is 0 Å². The minimum Gasteiger partial charge on any atom is -0.444 e. The Kier molecular flexibility index (Phi) is 3.25. The zero-order valence-corrected chi connectivity index (χ0v) is 11.4. The van der Waals surface area contributed by atoms with E-state index in [1.54, 1.807) is 0 Å². The third-order valence-corrected chi connectivity index (χ3v) is 3.44. The summed E-state index contributed by atoms with van der Waals surface area (Å²) in [6.07, 6.45) is 3.75. The van der Waals surface area contributed by atoms with Crippen molar-refractivity contribution < 1.29 is 14.3 Å². The zero-order chi connectivity index (χ0) is 13.4. The number of amides is 2. The molecule has 5 nitrogen and oxygen atoms in total. The summed E-state index contributed by atoms with van der Waals surface area (Å²) in [6, 6.07) is 0. The number of carbonyl (C=O) groups is 2. The molecule has 18 heavy (non-hydrogen) atoms. The third-order valence-electron chi connectivity index (χ3n) is 3.44. The topological polar surface area (TPSA) is 58.6 Å². The maximum atomic E-state index is 12.0. The molecular weight excluding hydrogens is 232 g/mol. The number of nitrogens with zero attached hydrogens (tertiary/aromatic N) is 1. The lowest BCUT2D eigenvalue weighted by Crippen LogP contribution is -2.63. The number of ether oxygens (including phenoxy) is 1. The van der Waals surface area contributed by atoms with Crippen molar-refractivity contribution in [2.24, 2.45) is 0 Å². The summed E-state index contributed by atoms with van der Waals surface area (Å²) in [5.74, 6) is -0.0750. The Morgan fingerprint density at radius 1 is 1.33 bits per heavy atom. The number of hydrogen-bond acceptors (Lipinski definition) is 3. The van der Waals surface area contributed by atoms with Gasteiger partial charge in [-0.2, -0.15) is 0 Å². The van der Waals surface area contributed by atoms with E-state index in [0.29, 0.717) is 6.54 Å². The maximum absolute atomic E-state index is 12.0. The van der Waals surface area contributed by atoms with E-state index in [2.05, 4.69) is 5.32 Å². The maximum Gasteiger partial charge on any atom is 0.410 e. The highest BCUT2D eigenvalue weighted by molar-refractivity contribution is 5.84. The van der Waals surface area contributed by atoms with E-state index in [9.17, 15) is 9.59 Å². The fraction of sp³-hybridized carbons (Fsp3) is 0.846. The molecule has 0 unspecified atom stereocenters. The van der Waals surface area contributed by atoms with Gasteiger partial charge in [0.1, 0.15) is 12.1 Å². The molecule has 0 aromatic carbocycles. The molecule has 0 bridgehead atoms. The first-order valence-corrected chi connectivity index (χ1v) is 6.59. The van der Waals surface area contributed by atoms with Crippen molar-refractivity contribution in [2.45, 2.75) is 57.6 Å². The lowest BCUT2D eigenvalue weighted by molar-refractivity contribution is -0.127. The van der Waals surface area contributed by atoms with Gasteiger partial charge in [-0.3, -0.25) is 9.69 Å². The summed E-state index contributed by atoms with van der Waals surface area (Å²) in [7, 11) is 0. The normalized spacial score (nSPS) is 23.1. The number of hydrogen-bond donors (Lipinski definition) is 1. The molecular formula is C13H22N2O3. The van der Waals surface area contributed by atoms with E-state index < -0.39 is 5.60 Å². The highest BCUT2D eigenvalue weighted by Gasteiger charge is 2.43. The van der Waals surface area contributed by atoms with Crippen molar-refractivity contribution in [1.29, 1.82) is 0 Å². The molecule has 1 aliphatic carbocycles. The molecule has 2 fully saturated rings. The van der Waals surface area contributed by atoms with Gasteiger partial charge in [-0.05, 0) is 33.6 Å². The zero-order valence-electron chi connectivity index (χ0n) is 11.4. The molecule has 0 aromatic rings. The molecule has 5 heteroatoms. The Bertz CT molecular complexity index is 354. The Morgan fingerprint density at radius 3 is 2.50 bits per heavy atom. The van der Waals surface area contributed by atoms with Crippen LogP contribution in [0.3, 0.4) is 0 Å². The van der Waals surface area contributed by atoms with Crippen molar-refractivity contribution in [1.82, 2.24) is 10.2 Å². The van der Waals surface area contributed by atoms with Gasteiger partial charge < -0.3 is 10.1 Å². The quantitative estimate of drug-likeness (QED) is 0.715. The summed E-state index contributed by atoms with van der Waals surface area (Å²) >= 11 is 0. The molecule has 1 saturated carbocycles. The largest absolute Gasteiger partial charge is 0.444 e. The fourth-order valence-corrected chi connectivity index (χ4v) is 2.76. The van der Waals surface area contributed by atoms with Crippen molar-refractivity contribution in [2.75, 3.05) is 13.1 Å². The monoisotopic (exact) mass is 254 g/mol. The summed E-state index contributed by atoms with van der Waals surface area (Å²) in [4.78, 5) is 25.3. The van der Waals surface area contributed by atoms with Crippen LogP contribution in [0.5, 0.6) is 0 Å².